The summed E-state index contributed by atoms with van der Waals surface area (Å²) in [5, 5.41) is 22.3. The maximum absolute atomic E-state index is 13.5. The van der Waals surface area contributed by atoms with E-state index in [4.69, 9.17) is 11.6 Å². The summed E-state index contributed by atoms with van der Waals surface area (Å²) in [4.78, 5) is 0. The van der Waals surface area contributed by atoms with Crippen molar-refractivity contribution in [1.82, 2.24) is 5.32 Å². The fourth-order valence-corrected chi connectivity index (χ4v) is 2.02. The molecule has 5 heteroatoms. The van der Waals surface area contributed by atoms with E-state index in [-0.39, 0.29) is 18.1 Å². The van der Waals surface area contributed by atoms with Crippen LogP contribution in [-0.4, -0.2) is 5.11 Å². The first kappa shape index (κ1) is 14.3. The van der Waals surface area contributed by atoms with E-state index in [1.54, 1.807) is 18.2 Å². The van der Waals surface area contributed by atoms with Gasteiger partial charge in [-0.1, -0.05) is 29.8 Å². The first-order valence-electron chi connectivity index (χ1n) is 5.96. The molecule has 0 spiro atoms. The van der Waals surface area contributed by atoms with Crippen LogP contribution in [0, 0.1) is 17.1 Å². The van der Waals surface area contributed by atoms with E-state index in [2.05, 4.69) is 5.32 Å². The van der Waals surface area contributed by atoms with Gasteiger partial charge in [-0.25, -0.2) is 4.39 Å². The van der Waals surface area contributed by atoms with Crippen molar-refractivity contribution in [1.29, 1.82) is 5.26 Å². The van der Waals surface area contributed by atoms with Gasteiger partial charge in [0.15, 0.2) is 0 Å². The highest BCUT2D eigenvalue weighted by molar-refractivity contribution is 6.30. The van der Waals surface area contributed by atoms with Crippen LogP contribution in [0.1, 0.15) is 17.2 Å². The van der Waals surface area contributed by atoms with Crippen molar-refractivity contribution < 1.29 is 9.50 Å². The lowest BCUT2D eigenvalue weighted by Gasteiger charge is -2.14. The first-order chi connectivity index (χ1) is 9.61. The van der Waals surface area contributed by atoms with Crippen LogP contribution >= 0.6 is 11.6 Å². The second-order valence-corrected chi connectivity index (χ2v) is 4.67. The Balaban J connectivity index is 2.16. The van der Waals surface area contributed by atoms with Gasteiger partial charge in [0.05, 0.1) is 6.07 Å². The maximum atomic E-state index is 13.5. The Morgan fingerprint density at radius 3 is 2.75 bits per heavy atom. The number of nitrogens with one attached hydrogen (secondary N) is 1. The zero-order chi connectivity index (χ0) is 14.5. The Morgan fingerprint density at radius 2 is 2.05 bits per heavy atom. The summed E-state index contributed by atoms with van der Waals surface area (Å²) in [6, 6.07) is 12.0. The van der Waals surface area contributed by atoms with Crippen LogP contribution in [-0.2, 0) is 6.54 Å². The second kappa shape index (κ2) is 6.38. The predicted molar refractivity (Wildman–Crippen MR) is 74.7 cm³/mol. The van der Waals surface area contributed by atoms with Gasteiger partial charge < -0.3 is 5.11 Å². The number of nitriles is 1. The minimum Gasteiger partial charge on any atom is -0.508 e. The third-order valence-electron chi connectivity index (χ3n) is 2.88. The smallest absolute Gasteiger partial charge is 0.127 e. The van der Waals surface area contributed by atoms with Gasteiger partial charge in [-0.15, -0.1) is 0 Å². The van der Waals surface area contributed by atoms with Crippen LogP contribution in [0.15, 0.2) is 42.5 Å². The lowest BCUT2D eigenvalue weighted by atomic mass is 10.1. The summed E-state index contributed by atoms with van der Waals surface area (Å²) in [7, 11) is 0. The maximum Gasteiger partial charge on any atom is 0.127 e. The van der Waals surface area contributed by atoms with E-state index >= 15 is 0 Å². The molecule has 0 aliphatic carbocycles. The first-order valence-corrected chi connectivity index (χ1v) is 6.34. The molecule has 0 saturated heterocycles. The van der Waals surface area contributed by atoms with Crippen LogP contribution in [0.2, 0.25) is 5.02 Å². The molecule has 1 atom stereocenters. The number of halogens is 2. The molecule has 0 fully saturated rings. The normalized spacial score (nSPS) is 11.8. The van der Waals surface area contributed by atoms with E-state index in [0.29, 0.717) is 16.1 Å². The zero-order valence-corrected chi connectivity index (χ0v) is 11.2. The van der Waals surface area contributed by atoms with Gasteiger partial charge >= 0.3 is 0 Å². The highest BCUT2D eigenvalue weighted by Gasteiger charge is 2.15. The topological polar surface area (TPSA) is 56.0 Å². The number of nitrogens with zero attached hydrogens (tertiary/aromatic N) is 1. The summed E-state index contributed by atoms with van der Waals surface area (Å²) in [6.07, 6.45) is 0. The Morgan fingerprint density at radius 1 is 1.30 bits per heavy atom. The number of benzene rings is 2. The molecule has 2 aromatic carbocycles. The Labute approximate surface area is 121 Å². The Hall–Kier alpha value is -2.09. The number of hydrogen-bond acceptors (Lipinski definition) is 3. The van der Waals surface area contributed by atoms with Gasteiger partial charge in [0.2, 0.25) is 0 Å². The van der Waals surface area contributed by atoms with Crippen LogP contribution in [0.3, 0.4) is 0 Å². The van der Waals surface area contributed by atoms with Gasteiger partial charge in [-0.05, 0) is 24.3 Å². The van der Waals surface area contributed by atoms with E-state index in [1.165, 1.54) is 24.3 Å². The molecule has 2 rings (SSSR count). The average molecular weight is 291 g/mol. The number of phenols is 1. The predicted octanol–water partition coefficient (Wildman–Crippen LogP) is 3.54. The molecule has 20 heavy (non-hydrogen) atoms. The summed E-state index contributed by atoms with van der Waals surface area (Å²) >= 11 is 5.85. The highest BCUT2D eigenvalue weighted by Crippen LogP contribution is 2.27. The van der Waals surface area contributed by atoms with Crippen LogP contribution in [0.5, 0.6) is 5.75 Å². The minimum atomic E-state index is -0.770. The fraction of sp³-hybridized carbons (Fsp3) is 0.133. The number of phenolic OH excluding ortho intramolecular Hbond substituents is 1. The van der Waals surface area contributed by atoms with Crippen molar-refractivity contribution in [2.24, 2.45) is 0 Å². The standard InChI is InChI=1S/C15H12ClFN2O/c16-11-5-6-15(20)12(7-11)14(8-18)19-9-10-3-1-2-4-13(10)17/h1-7,14,19-20H,9H2. The van der Waals surface area contributed by atoms with Crippen molar-refractivity contribution in [3.8, 4) is 11.8 Å². The molecule has 2 N–H and O–H groups in total. The molecule has 3 nitrogen and oxygen atoms in total. The van der Waals surface area contributed by atoms with Gasteiger partial charge in [-0.2, -0.15) is 5.26 Å². The van der Waals surface area contributed by atoms with Gasteiger partial charge in [0, 0.05) is 22.7 Å². The monoisotopic (exact) mass is 290 g/mol. The molecule has 0 saturated carbocycles. The molecule has 1 unspecified atom stereocenters. The largest absolute Gasteiger partial charge is 0.508 e. The lowest BCUT2D eigenvalue weighted by Crippen LogP contribution is -2.20. The molecule has 0 aliphatic rings. The van der Waals surface area contributed by atoms with Crippen LogP contribution in [0.25, 0.3) is 0 Å². The summed E-state index contributed by atoms with van der Waals surface area (Å²) < 4.78 is 13.5. The molecular formula is C15H12ClFN2O. The second-order valence-electron chi connectivity index (χ2n) is 4.24. The van der Waals surface area contributed by atoms with Crippen molar-refractivity contribution in [2.45, 2.75) is 12.6 Å². The van der Waals surface area contributed by atoms with E-state index in [0.717, 1.165) is 0 Å². The third kappa shape index (κ3) is 3.27. The molecule has 0 aromatic heterocycles. The summed E-state index contributed by atoms with van der Waals surface area (Å²) in [6.45, 7) is 0.177. The van der Waals surface area contributed by atoms with Gasteiger partial charge in [0.25, 0.3) is 0 Å². The molecular weight excluding hydrogens is 279 g/mol. The lowest BCUT2D eigenvalue weighted by molar-refractivity contribution is 0.459. The quantitative estimate of drug-likeness (QED) is 0.905. The molecule has 0 amide bonds. The van der Waals surface area contributed by atoms with Crippen molar-refractivity contribution in [3.63, 3.8) is 0 Å². The Kier molecular flexibility index (Phi) is 4.57. The fourth-order valence-electron chi connectivity index (χ4n) is 1.84. The minimum absolute atomic E-state index is 0.0259. The van der Waals surface area contributed by atoms with Crippen molar-refractivity contribution in [2.75, 3.05) is 0 Å². The molecule has 0 aliphatic heterocycles. The number of hydrogen-bond donors (Lipinski definition) is 2. The van der Waals surface area contributed by atoms with E-state index in [1.807, 2.05) is 6.07 Å². The third-order valence-corrected chi connectivity index (χ3v) is 3.12. The van der Waals surface area contributed by atoms with E-state index in [9.17, 15) is 14.8 Å². The van der Waals surface area contributed by atoms with Crippen LogP contribution < -0.4 is 5.32 Å². The molecule has 2 aromatic rings. The van der Waals surface area contributed by atoms with Crippen molar-refractivity contribution in [3.05, 3.63) is 64.4 Å². The highest BCUT2D eigenvalue weighted by atomic mass is 35.5. The van der Waals surface area contributed by atoms with E-state index < -0.39 is 6.04 Å². The molecule has 102 valence electrons. The van der Waals surface area contributed by atoms with Crippen molar-refractivity contribution >= 4 is 11.6 Å². The van der Waals surface area contributed by atoms with Crippen LogP contribution in [0.4, 0.5) is 4.39 Å². The molecule has 0 bridgehead atoms. The number of rotatable bonds is 4. The van der Waals surface area contributed by atoms with Gasteiger partial charge in [-0.3, -0.25) is 5.32 Å². The average Bonchev–Trinajstić information content (AvgIpc) is 2.45. The summed E-state index contributed by atoms with van der Waals surface area (Å²) in [5.74, 6) is -0.367. The SMILES string of the molecule is N#CC(NCc1ccccc1F)c1cc(Cl)ccc1O. The molecule has 0 heterocycles. The Bertz CT molecular complexity index is 655. The van der Waals surface area contributed by atoms with Gasteiger partial charge in [0.1, 0.15) is 17.6 Å². The zero-order valence-electron chi connectivity index (χ0n) is 10.5. The molecule has 0 radical (unpaired) electrons. The number of aromatic hydroxyl groups is 1. The summed E-state index contributed by atoms with van der Waals surface area (Å²) in [5.41, 5.74) is 0.825.